The summed E-state index contributed by atoms with van der Waals surface area (Å²) in [6, 6.07) is 3.14. The number of rotatable bonds is 3. The zero-order chi connectivity index (χ0) is 14.9. The molecule has 0 radical (unpaired) electrons. The van der Waals surface area contributed by atoms with E-state index in [1.165, 1.54) is 12.3 Å². The molecule has 9 heteroatoms. The van der Waals surface area contributed by atoms with E-state index < -0.39 is 16.3 Å². The van der Waals surface area contributed by atoms with Gasteiger partial charge in [0.05, 0.1) is 28.2 Å². The Morgan fingerprint density at radius 1 is 1.35 bits per heavy atom. The molecule has 0 aliphatic rings. The first-order chi connectivity index (χ1) is 9.38. The third-order valence-corrected chi connectivity index (χ3v) is 4.33. The lowest BCUT2D eigenvalue weighted by Gasteiger charge is -2.06. The molecule has 0 aliphatic heterocycles. The van der Waals surface area contributed by atoms with E-state index in [-0.39, 0.29) is 22.3 Å². The molecular formula is C11H6Br2FN3O3. The Bertz CT molecular complexity index is 748. The Hall–Kier alpha value is -1.61. The van der Waals surface area contributed by atoms with Gasteiger partial charge in [-0.1, -0.05) is 0 Å². The second kappa shape index (κ2) is 5.80. The zero-order valence-electron chi connectivity index (χ0n) is 9.72. The van der Waals surface area contributed by atoms with Crippen LogP contribution in [0.25, 0.3) is 0 Å². The Morgan fingerprint density at radius 2 is 2.05 bits per heavy atom. The second-order valence-electron chi connectivity index (χ2n) is 3.84. The van der Waals surface area contributed by atoms with Crippen molar-refractivity contribution in [1.29, 1.82) is 0 Å². The maximum absolute atomic E-state index is 13.3. The Balaban J connectivity index is 2.43. The van der Waals surface area contributed by atoms with Gasteiger partial charge in [0.15, 0.2) is 0 Å². The van der Waals surface area contributed by atoms with Crippen LogP contribution in [0.3, 0.4) is 0 Å². The number of benzene rings is 1. The summed E-state index contributed by atoms with van der Waals surface area (Å²) in [7, 11) is 0. The van der Waals surface area contributed by atoms with Gasteiger partial charge in [0.2, 0.25) is 0 Å². The van der Waals surface area contributed by atoms with E-state index in [1.807, 2.05) is 0 Å². The van der Waals surface area contributed by atoms with Crippen LogP contribution in [0.1, 0.15) is 5.56 Å². The average Bonchev–Trinajstić information content (AvgIpc) is 2.39. The minimum atomic E-state index is -0.738. The van der Waals surface area contributed by atoms with Crippen LogP contribution in [-0.2, 0) is 6.54 Å². The summed E-state index contributed by atoms with van der Waals surface area (Å²) in [5, 5.41) is 14.5. The first-order valence-electron chi connectivity index (χ1n) is 5.23. The van der Waals surface area contributed by atoms with Crippen LogP contribution in [0.4, 0.5) is 10.1 Å². The minimum absolute atomic E-state index is 0.0662. The number of nitrogens with zero attached hydrogens (tertiary/aromatic N) is 3. The van der Waals surface area contributed by atoms with Gasteiger partial charge < -0.3 is 0 Å². The Kier molecular flexibility index (Phi) is 4.29. The number of nitro groups is 1. The van der Waals surface area contributed by atoms with Crippen molar-refractivity contribution in [3.8, 4) is 0 Å². The summed E-state index contributed by atoms with van der Waals surface area (Å²) in [6.45, 7) is -0.0662. The molecule has 20 heavy (non-hydrogen) atoms. The SMILES string of the molecule is O=c1c(Br)c(Br)cnn1Cc1cc(F)cc([N+](=O)[O-])c1. The summed E-state index contributed by atoms with van der Waals surface area (Å²) in [5.41, 5.74) is -0.518. The smallest absolute Gasteiger partial charge is 0.266 e. The van der Waals surface area contributed by atoms with Gasteiger partial charge >= 0.3 is 0 Å². The van der Waals surface area contributed by atoms with E-state index in [1.54, 1.807) is 0 Å². The molecule has 0 amide bonds. The fraction of sp³-hybridized carbons (Fsp3) is 0.0909. The molecule has 0 fully saturated rings. The van der Waals surface area contributed by atoms with Crippen LogP contribution in [0.5, 0.6) is 0 Å². The van der Waals surface area contributed by atoms with Crippen molar-refractivity contribution >= 4 is 37.5 Å². The number of nitro benzene ring substituents is 1. The molecule has 0 spiro atoms. The fourth-order valence-electron chi connectivity index (χ4n) is 1.56. The largest absolute Gasteiger partial charge is 0.282 e. The van der Waals surface area contributed by atoms with Gasteiger partial charge in [-0.15, -0.1) is 0 Å². The quantitative estimate of drug-likeness (QED) is 0.580. The third-order valence-electron chi connectivity index (χ3n) is 2.43. The van der Waals surface area contributed by atoms with E-state index in [0.29, 0.717) is 4.47 Å². The first kappa shape index (κ1) is 14.8. The molecule has 0 N–H and O–H groups in total. The minimum Gasteiger partial charge on any atom is -0.266 e. The topological polar surface area (TPSA) is 78.0 Å². The van der Waals surface area contributed by atoms with Crippen molar-refractivity contribution in [3.63, 3.8) is 0 Å². The van der Waals surface area contributed by atoms with Crippen molar-refractivity contribution in [3.05, 3.63) is 65.2 Å². The molecule has 1 aromatic carbocycles. The molecule has 0 saturated heterocycles. The molecule has 6 nitrogen and oxygen atoms in total. The fourth-order valence-corrected chi connectivity index (χ4v) is 2.13. The van der Waals surface area contributed by atoms with E-state index in [9.17, 15) is 19.3 Å². The molecule has 0 aliphatic carbocycles. The number of hydrogen-bond acceptors (Lipinski definition) is 4. The maximum Gasteiger partial charge on any atom is 0.282 e. The molecule has 0 bridgehead atoms. The van der Waals surface area contributed by atoms with Crippen LogP contribution in [0.15, 0.2) is 38.1 Å². The van der Waals surface area contributed by atoms with E-state index in [0.717, 1.165) is 16.8 Å². The lowest BCUT2D eigenvalue weighted by Crippen LogP contribution is -2.24. The van der Waals surface area contributed by atoms with Crippen LogP contribution in [-0.4, -0.2) is 14.7 Å². The second-order valence-corrected chi connectivity index (χ2v) is 5.49. The monoisotopic (exact) mass is 405 g/mol. The Labute approximate surface area is 128 Å². The van der Waals surface area contributed by atoms with Crippen LogP contribution >= 0.6 is 31.9 Å². The average molecular weight is 407 g/mol. The van der Waals surface area contributed by atoms with Gasteiger partial charge in [-0.3, -0.25) is 14.9 Å². The summed E-state index contributed by atoms with van der Waals surface area (Å²) < 4.78 is 15.1. The Morgan fingerprint density at radius 3 is 2.70 bits per heavy atom. The molecule has 1 aromatic heterocycles. The number of aromatic nitrogens is 2. The van der Waals surface area contributed by atoms with Crippen LogP contribution in [0, 0.1) is 15.9 Å². The van der Waals surface area contributed by atoms with Crippen molar-refractivity contribution in [1.82, 2.24) is 9.78 Å². The van der Waals surface area contributed by atoms with Gasteiger partial charge in [0.25, 0.3) is 11.2 Å². The van der Waals surface area contributed by atoms with Gasteiger partial charge in [0.1, 0.15) is 10.3 Å². The highest BCUT2D eigenvalue weighted by molar-refractivity contribution is 9.13. The van der Waals surface area contributed by atoms with Gasteiger partial charge in [-0.05, 0) is 43.5 Å². The normalized spacial score (nSPS) is 10.6. The molecule has 104 valence electrons. The first-order valence-corrected chi connectivity index (χ1v) is 6.82. The lowest BCUT2D eigenvalue weighted by molar-refractivity contribution is -0.385. The van der Waals surface area contributed by atoms with Crippen molar-refractivity contribution in [2.24, 2.45) is 0 Å². The van der Waals surface area contributed by atoms with E-state index in [2.05, 4.69) is 37.0 Å². The number of hydrogen-bond donors (Lipinski definition) is 0. The van der Waals surface area contributed by atoms with Crippen LogP contribution in [0.2, 0.25) is 0 Å². The van der Waals surface area contributed by atoms with Gasteiger partial charge in [0, 0.05) is 6.07 Å². The molecule has 1 heterocycles. The highest BCUT2D eigenvalue weighted by Gasteiger charge is 2.12. The molecule has 2 aromatic rings. The third kappa shape index (κ3) is 3.10. The standard InChI is InChI=1S/C11H6Br2FN3O3/c12-9-4-15-16(11(18)10(9)13)5-6-1-7(14)3-8(2-6)17(19)20/h1-4H,5H2. The maximum atomic E-state index is 13.3. The van der Waals surface area contributed by atoms with Gasteiger partial charge in [-0.25, -0.2) is 9.07 Å². The summed E-state index contributed by atoms with van der Waals surface area (Å²) in [6.07, 6.45) is 1.40. The van der Waals surface area contributed by atoms with E-state index >= 15 is 0 Å². The summed E-state index contributed by atoms with van der Waals surface area (Å²) in [5.74, 6) is -0.738. The highest BCUT2D eigenvalue weighted by atomic mass is 79.9. The van der Waals surface area contributed by atoms with Gasteiger partial charge in [-0.2, -0.15) is 5.10 Å². The molecule has 0 unspecified atom stereocenters. The lowest BCUT2D eigenvalue weighted by atomic mass is 10.2. The van der Waals surface area contributed by atoms with E-state index in [4.69, 9.17) is 0 Å². The van der Waals surface area contributed by atoms with Crippen molar-refractivity contribution in [2.45, 2.75) is 6.54 Å². The summed E-state index contributed by atoms with van der Waals surface area (Å²) >= 11 is 6.23. The molecule has 0 atom stereocenters. The summed E-state index contributed by atoms with van der Waals surface area (Å²) in [4.78, 5) is 21.9. The molecule has 2 rings (SSSR count). The predicted molar refractivity (Wildman–Crippen MR) is 76.1 cm³/mol. The van der Waals surface area contributed by atoms with Crippen molar-refractivity contribution < 1.29 is 9.31 Å². The zero-order valence-corrected chi connectivity index (χ0v) is 12.9. The highest BCUT2D eigenvalue weighted by Crippen LogP contribution is 2.19. The molecular weight excluding hydrogens is 401 g/mol. The number of non-ortho nitro benzene ring substituents is 1. The number of halogens is 3. The molecule has 0 saturated carbocycles. The van der Waals surface area contributed by atoms with Crippen molar-refractivity contribution in [2.75, 3.05) is 0 Å². The predicted octanol–water partition coefficient (Wildman–Crippen LogP) is 2.86. The van der Waals surface area contributed by atoms with Crippen LogP contribution < -0.4 is 5.56 Å².